The van der Waals surface area contributed by atoms with Gasteiger partial charge in [-0.1, -0.05) is 19.1 Å². The normalized spacial score (nSPS) is 19.5. The van der Waals surface area contributed by atoms with Gasteiger partial charge in [-0.15, -0.1) is 0 Å². The molecule has 2 rings (SSSR count). The van der Waals surface area contributed by atoms with Crippen molar-refractivity contribution in [3.05, 3.63) is 35.4 Å². The van der Waals surface area contributed by atoms with Crippen LogP contribution in [0.4, 0.5) is 0 Å². The van der Waals surface area contributed by atoms with Gasteiger partial charge in [0, 0.05) is 17.9 Å². The van der Waals surface area contributed by atoms with Crippen molar-refractivity contribution in [1.29, 1.82) is 0 Å². The van der Waals surface area contributed by atoms with E-state index < -0.39 is 5.91 Å². The fourth-order valence-corrected chi connectivity index (χ4v) is 1.81. The molecule has 0 bridgehead atoms. The van der Waals surface area contributed by atoms with Crippen LogP contribution in [0.25, 0.3) is 0 Å². The number of carbonyl (C=O) groups is 2. The Balaban J connectivity index is 2.28. The van der Waals surface area contributed by atoms with E-state index in [4.69, 9.17) is 5.73 Å². The summed E-state index contributed by atoms with van der Waals surface area (Å²) in [6, 6.07) is 6.88. The zero-order valence-corrected chi connectivity index (χ0v) is 9.43. The van der Waals surface area contributed by atoms with Crippen LogP contribution in [0.15, 0.2) is 29.4 Å². The summed E-state index contributed by atoms with van der Waals surface area (Å²) >= 11 is 0. The van der Waals surface area contributed by atoms with E-state index in [-0.39, 0.29) is 11.8 Å². The van der Waals surface area contributed by atoms with Crippen molar-refractivity contribution in [2.45, 2.75) is 13.3 Å². The van der Waals surface area contributed by atoms with Gasteiger partial charge in [0.15, 0.2) is 0 Å². The first-order chi connectivity index (χ1) is 8.08. The molecule has 0 spiro atoms. The van der Waals surface area contributed by atoms with Crippen molar-refractivity contribution < 1.29 is 9.59 Å². The van der Waals surface area contributed by atoms with Gasteiger partial charge in [-0.3, -0.25) is 9.59 Å². The third kappa shape index (κ3) is 2.33. The van der Waals surface area contributed by atoms with Crippen molar-refractivity contribution in [1.82, 2.24) is 5.43 Å². The molecule has 1 heterocycles. The number of nitrogens with two attached hydrogens (primary N) is 1. The molecule has 0 aliphatic carbocycles. The maximum Gasteiger partial charge on any atom is 0.248 e. The van der Waals surface area contributed by atoms with Gasteiger partial charge in [0.25, 0.3) is 0 Å². The first kappa shape index (κ1) is 11.3. The maximum absolute atomic E-state index is 11.1. The molecule has 1 unspecified atom stereocenters. The number of amides is 2. The number of hydrogen-bond acceptors (Lipinski definition) is 3. The van der Waals surface area contributed by atoms with Crippen LogP contribution in [0.5, 0.6) is 0 Å². The van der Waals surface area contributed by atoms with Gasteiger partial charge < -0.3 is 5.73 Å². The molecule has 5 nitrogen and oxygen atoms in total. The number of benzene rings is 1. The number of hydrazone groups is 1. The minimum Gasteiger partial charge on any atom is -0.366 e. The minimum absolute atomic E-state index is 0.0724. The molecule has 5 heteroatoms. The molecular formula is C12H13N3O2. The van der Waals surface area contributed by atoms with Crippen LogP contribution in [-0.4, -0.2) is 17.5 Å². The molecule has 2 amide bonds. The predicted octanol–water partition coefficient (Wildman–Crippen LogP) is 0.646. The standard InChI is InChI=1S/C12H13N3O2/c1-7-6-10(16)14-15-11(7)8-2-4-9(5-3-8)12(13)17/h2-5,7H,6H2,1H3,(H2,13,17)(H,14,16). The maximum atomic E-state index is 11.1. The van der Waals surface area contributed by atoms with Crippen molar-refractivity contribution in [3.63, 3.8) is 0 Å². The summed E-state index contributed by atoms with van der Waals surface area (Å²) in [6.07, 6.45) is 0.427. The van der Waals surface area contributed by atoms with E-state index in [9.17, 15) is 9.59 Å². The first-order valence-corrected chi connectivity index (χ1v) is 5.34. The molecule has 1 atom stereocenters. The summed E-state index contributed by atoms with van der Waals surface area (Å²) in [5, 5.41) is 4.04. The molecule has 1 aromatic carbocycles. The number of hydrogen-bond donors (Lipinski definition) is 2. The van der Waals surface area contributed by atoms with E-state index in [0.29, 0.717) is 12.0 Å². The lowest BCUT2D eigenvalue weighted by atomic mass is 9.93. The van der Waals surface area contributed by atoms with E-state index in [1.807, 2.05) is 6.92 Å². The lowest BCUT2D eigenvalue weighted by Gasteiger charge is -2.19. The van der Waals surface area contributed by atoms with E-state index >= 15 is 0 Å². The van der Waals surface area contributed by atoms with Gasteiger partial charge in [0.05, 0.1) is 5.71 Å². The number of nitrogens with zero attached hydrogens (tertiary/aromatic N) is 1. The van der Waals surface area contributed by atoms with Gasteiger partial charge in [0.1, 0.15) is 0 Å². The molecule has 0 saturated carbocycles. The zero-order valence-electron chi connectivity index (χ0n) is 9.43. The Morgan fingerprint density at radius 1 is 1.41 bits per heavy atom. The Kier molecular flexibility index (Phi) is 2.91. The Morgan fingerprint density at radius 2 is 2.06 bits per heavy atom. The summed E-state index contributed by atoms with van der Waals surface area (Å²) in [7, 11) is 0. The SMILES string of the molecule is CC1CC(=O)NN=C1c1ccc(C(N)=O)cc1. The highest BCUT2D eigenvalue weighted by molar-refractivity contribution is 6.06. The molecule has 0 fully saturated rings. The highest BCUT2D eigenvalue weighted by atomic mass is 16.2. The second-order valence-electron chi connectivity index (χ2n) is 4.08. The topological polar surface area (TPSA) is 84.6 Å². The zero-order chi connectivity index (χ0) is 12.4. The summed E-state index contributed by atoms with van der Waals surface area (Å²) in [5.74, 6) is -0.457. The minimum atomic E-state index is -0.455. The number of primary amides is 1. The number of rotatable bonds is 2. The van der Waals surface area contributed by atoms with Crippen LogP contribution in [0.3, 0.4) is 0 Å². The largest absolute Gasteiger partial charge is 0.366 e. The monoisotopic (exact) mass is 231 g/mol. The predicted molar refractivity (Wildman–Crippen MR) is 63.4 cm³/mol. The summed E-state index contributed by atoms with van der Waals surface area (Å²) < 4.78 is 0. The van der Waals surface area contributed by atoms with Gasteiger partial charge in [-0.2, -0.15) is 5.10 Å². The van der Waals surface area contributed by atoms with Crippen molar-refractivity contribution >= 4 is 17.5 Å². The van der Waals surface area contributed by atoms with E-state index in [1.165, 1.54) is 0 Å². The summed E-state index contributed by atoms with van der Waals surface area (Å²) in [4.78, 5) is 22.0. The molecule has 88 valence electrons. The average molecular weight is 231 g/mol. The molecule has 0 aromatic heterocycles. The molecule has 0 saturated heterocycles. The molecule has 17 heavy (non-hydrogen) atoms. The first-order valence-electron chi connectivity index (χ1n) is 5.34. The lowest BCUT2D eigenvalue weighted by molar-refractivity contribution is -0.121. The third-order valence-corrected chi connectivity index (χ3v) is 2.72. The second kappa shape index (κ2) is 4.37. The quantitative estimate of drug-likeness (QED) is 0.783. The van der Waals surface area contributed by atoms with E-state index in [2.05, 4.69) is 10.5 Å². The van der Waals surface area contributed by atoms with Crippen molar-refractivity contribution in [2.24, 2.45) is 16.8 Å². The van der Waals surface area contributed by atoms with Crippen molar-refractivity contribution in [3.8, 4) is 0 Å². The molecule has 1 aromatic rings. The van der Waals surface area contributed by atoms with Crippen molar-refractivity contribution in [2.75, 3.05) is 0 Å². The molecule has 0 radical (unpaired) electrons. The summed E-state index contributed by atoms with van der Waals surface area (Å²) in [6.45, 7) is 1.94. The van der Waals surface area contributed by atoms with Gasteiger partial charge in [-0.25, -0.2) is 5.43 Å². The van der Waals surface area contributed by atoms with E-state index in [0.717, 1.165) is 11.3 Å². The Labute approximate surface area is 98.7 Å². The fourth-order valence-electron chi connectivity index (χ4n) is 1.81. The lowest BCUT2D eigenvalue weighted by Crippen LogP contribution is -2.31. The molecule has 1 aliphatic heterocycles. The molecular weight excluding hydrogens is 218 g/mol. The third-order valence-electron chi connectivity index (χ3n) is 2.72. The van der Waals surface area contributed by atoms with Crippen LogP contribution in [-0.2, 0) is 4.79 Å². The Hall–Kier alpha value is -2.17. The van der Waals surface area contributed by atoms with Crippen LogP contribution in [0.2, 0.25) is 0 Å². The highest BCUT2D eigenvalue weighted by Crippen LogP contribution is 2.16. The van der Waals surface area contributed by atoms with Crippen LogP contribution in [0.1, 0.15) is 29.3 Å². The average Bonchev–Trinajstić information content (AvgIpc) is 2.29. The molecule has 1 aliphatic rings. The van der Waals surface area contributed by atoms with Gasteiger partial charge >= 0.3 is 0 Å². The second-order valence-corrected chi connectivity index (χ2v) is 4.08. The van der Waals surface area contributed by atoms with Gasteiger partial charge in [0.2, 0.25) is 11.8 Å². The van der Waals surface area contributed by atoms with Gasteiger partial charge in [-0.05, 0) is 17.7 Å². The smallest absolute Gasteiger partial charge is 0.248 e. The number of nitrogens with one attached hydrogen (secondary N) is 1. The highest BCUT2D eigenvalue weighted by Gasteiger charge is 2.21. The van der Waals surface area contributed by atoms with Crippen LogP contribution >= 0.6 is 0 Å². The number of carbonyl (C=O) groups excluding carboxylic acids is 2. The Bertz CT molecular complexity index is 491. The molecule has 3 N–H and O–H groups in total. The van der Waals surface area contributed by atoms with Crippen LogP contribution < -0.4 is 11.2 Å². The fraction of sp³-hybridized carbons (Fsp3) is 0.250. The van der Waals surface area contributed by atoms with E-state index in [1.54, 1.807) is 24.3 Å². The summed E-state index contributed by atoms with van der Waals surface area (Å²) in [5.41, 5.74) is 9.79. The van der Waals surface area contributed by atoms with Crippen LogP contribution in [0, 0.1) is 5.92 Å². The Morgan fingerprint density at radius 3 is 2.59 bits per heavy atom.